The number of halogens is 1. The van der Waals surface area contributed by atoms with Gasteiger partial charge in [-0.25, -0.2) is 4.39 Å². The van der Waals surface area contributed by atoms with E-state index in [2.05, 4.69) is 35.6 Å². The second kappa shape index (κ2) is 7.49. The zero-order chi connectivity index (χ0) is 22.3. The standard InChI is InChI=1S/C22H19FN8O/c1-22(2,23)12-31-19-8-17(26-9-14(19)10-28-31)20-18(11-27-30-20)29-21(32)13-3-4-15-16(7-13)25-6-5-24-15/h3-11H,12H2,1-2H3,(H,27,30)(H,29,32). The van der Waals surface area contributed by atoms with E-state index in [0.29, 0.717) is 33.7 Å². The maximum absolute atomic E-state index is 14.2. The molecule has 0 aliphatic rings. The second-order valence-electron chi connectivity index (χ2n) is 8.02. The van der Waals surface area contributed by atoms with Crippen molar-refractivity contribution < 1.29 is 9.18 Å². The van der Waals surface area contributed by atoms with Crippen LogP contribution in [0, 0.1) is 0 Å². The van der Waals surface area contributed by atoms with Gasteiger partial charge in [0, 0.05) is 29.5 Å². The summed E-state index contributed by atoms with van der Waals surface area (Å²) < 4.78 is 15.8. The number of H-pyrrole nitrogens is 1. The second-order valence-corrected chi connectivity index (χ2v) is 8.02. The van der Waals surface area contributed by atoms with Gasteiger partial charge in [0.15, 0.2) is 0 Å². The van der Waals surface area contributed by atoms with Crippen LogP contribution in [0.5, 0.6) is 0 Å². The third-order valence-corrected chi connectivity index (χ3v) is 4.93. The molecule has 4 heterocycles. The zero-order valence-corrected chi connectivity index (χ0v) is 17.4. The number of benzene rings is 1. The van der Waals surface area contributed by atoms with Gasteiger partial charge >= 0.3 is 0 Å². The van der Waals surface area contributed by atoms with Crippen LogP contribution in [0.25, 0.3) is 33.3 Å². The summed E-state index contributed by atoms with van der Waals surface area (Å²) in [6.45, 7) is 3.12. The lowest BCUT2D eigenvalue weighted by atomic mass is 10.1. The summed E-state index contributed by atoms with van der Waals surface area (Å²) in [5, 5.41) is 14.9. The first-order chi connectivity index (χ1) is 15.4. The smallest absolute Gasteiger partial charge is 0.255 e. The summed E-state index contributed by atoms with van der Waals surface area (Å²) in [6, 6.07) is 6.91. The van der Waals surface area contributed by atoms with Crippen LogP contribution in [0.3, 0.4) is 0 Å². The Hall–Kier alpha value is -4.21. The number of aromatic nitrogens is 7. The van der Waals surface area contributed by atoms with Crippen LogP contribution in [0.2, 0.25) is 0 Å². The fourth-order valence-corrected chi connectivity index (χ4v) is 3.47. The minimum atomic E-state index is -1.42. The average molecular weight is 430 g/mol. The summed E-state index contributed by atoms with van der Waals surface area (Å²) in [5.74, 6) is -0.314. The van der Waals surface area contributed by atoms with Gasteiger partial charge in [-0.3, -0.25) is 29.5 Å². The van der Waals surface area contributed by atoms with Crippen molar-refractivity contribution in [2.24, 2.45) is 0 Å². The monoisotopic (exact) mass is 430 g/mol. The average Bonchev–Trinajstić information content (AvgIpc) is 3.39. The van der Waals surface area contributed by atoms with E-state index in [4.69, 9.17) is 0 Å². The van der Waals surface area contributed by atoms with Gasteiger partial charge in [0.1, 0.15) is 11.4 Å². The number of carbonyl (C=O) groups excluding carboxylic acids is 1. The number of anilines is 1. The number of nitrogens with one attached hydrogen (secondary N) is 2. The Bertz CT molecular complexity index is 1450. The highest BCUT2D eigenvalue weighted by Crippen LogP contribution is 2.27. The lowest BCUT2D eigenvalue weighted by Crippen LogP contribution is -2.21. The molecule has 0 fully saturated rings. The molecular weight excluding hydrogens is 411 g/mol. The molecule has 2 N–H and O–H groups in total. The molecule has 0 unspecified atom stereocenters. The number of fused-ring (bicyclic) bond motifs is 2. The molecule has 0 aliphatic heterocycles. The largest absolute Gasteiger partial charge is 0.319 e. The van der Waals surface area contributed by atoms with E-state index < -0.39 is 5.67 Å². The minimum Gasteiger partial charge on any atom is -0.319 e. The van der Waals surface area contributed by atoms with Crippen molar-refractivity contribution in [2.45, 2.75) is 26.1 Å². The van der Waals surface area contributed by atoms with Gasteiger partial charge in [-0.2, -0.15) is 10.2 Å². The molecule has 0 bridgehead atoms. The normalized spacial score (nSPS) is 11.8. The first-order valence-electron chi connectivity index (χ1n) is 9.94. The van der Waals surface area contributed by atoms with Gasteiger partial charge in [0.05, 0.1) is 46.9 Å². The molecule has 0 atom stereocenters. The summed E-state index contributed by atoms with van der Waals surface area (Å²) in [7, 11) is 0. The lowest BCUT2D eigenvalue weighted by molar-refractivity contribution is 0.102. The molecule has 1 aromatic carbocycles. The van der Waals surface area contributed by atoms with Crippen molar-refractivity contribution in [3.05, 3.63) is 60.8 Å². The molecule has 0 aliphatic carbocycles. The number of pyridine rings is 1. The summed E-state index contributed by atoms with van der Waals surface area (Å²) in [4.78, 5) is 25.7. The Morgan fingerprint density at radius 1 is 1.09 bits per heavy atom. The van der Waals surface area contributed by atoms with E-state index >= 15 is 0 Å². The van der Waals surface area contributed by atoms with Gasteiger partial charge in [-0.05, 0) is 38.1 Å². The van der Waals surface area contributed by atoms with Crippen LogP contribution in [-0.4, -0.2) is 46.5 Å². The Morgan fingerprint density at radius 3 is 2.72 bits per heavy atom. The van der Waals surface area contributed by atoms with Crippen molar-refractivity contribution in [3.63, 3.8) is 0 Å². The predicted octanol–water partition coefficient (Wildman–Crippen LogP) is 3.77. The Balaban J connectivity index is 1.45. The predicted molar refractivity (Wildman–Crippen MR) is 118 cm³/mol. The maximum Gasteiger partial charge on any atom is 0.255 e. The summed E-state index contributed by atoms with van der Waals surface area (Å²) in [6.07, 6.45) is 8.00. The number of rotatable bonds is 5. The van der Waals surface area contributed by atoms with Crippen molar-refractivity contribution in [2.75, 3.05) is 5.32 Å². The van der Waals surface area contributed by atoms with E-state index in [9.17, 15) is 9.18 Å². The molecule has 1 amide bonds. The zero-order valence-electron chi connectivity index (χ0n) is 17.4. The molecule has 160 valence electrons. The highest BCUT2D eigenvalue weighted by molar-refractivity contribution is 6.07. The number of hydrogen-bond donors (Lipinski definition) is 2. The van der Waals surface area contributed by atoms with Gasteiger partial charge in [-0.1, -0.05) is 0 Å². The Morgan fingerprint density at radius 2 is 1.91 bits per heavy atom. The van der Waals surface area contributed by atoms with Crippen molar-refractivity contribution in [1.82, 2.24) is 34.9 Å². The van der Waals surface area contributed by atoms with Crippen LogP contribution < -0.4 is 5.32 Å². The quantitative estimate of drug-likeness (QED) is 0.439. The van der Waals surface area contributed by atoms with Crippen molar-refractivity contribution >= 4 is 33.5 Å². The molecule has 5 rings (SSSR count). The summed E-state index contributed by atoms with van der Waals surface area (Å²) in [5.41, 5.74) is 2.65. The molecule has 0 radical (unpaired) electrons. The van der Waals surface area contributed by atoms with E-state index in [0.717, 1.165) is 10.9 Å². The van der Waals surface area contributed by atoms with E-state index in [1.165, 1.54) is 20.0 Å². The lowest BCUT2D eigenvalue weighted by Gasteiger charge is -2.14. The molecule has 32 heavy (non-hydrogen) atoms. The highest BCUT2D eigenvalue weighted by atomic mass is 19.1. The molecule has 0 saturated carbocycles. The van der Waals surface area contributed by atoms with Gasteiger partial charge in [0.25, 0.3) is 5.91 Å². The number of amides is 1. The highest BCUT2D eigenvalue weighted by Gasteiger charge is 2.20. The Labute approximate surface area is 181 Å². The van der Waals surface area contributed by atoms with E-state index in [1.54, 1.807) is 53.7 Å². The molecule has 9 nitrogen and oxygen atoms in total. The van der Waals surface area contributed by atoms with Gasteiger partial charge < -0.3 is 5.32 Å². The van der Waals surface area contributed by atoms with Crippen molar-refractivity contribution in [3.8, 4) is 11.4 Å². The molecule has 0 saturated heterocycles. The van der Waals surface area contributed by atoms with Crippen LogP contribution in [0.4, 0.5) is 10.1 Å². The first-order valence-corrected chi connectivity index (χ1v) is 9.94. The topological polar surface area (TPSA) is 114 Å². The SMILES string of the molecule is CC(C)(F)Cn1ncc2cnc(-c3[nH]ncc3NC(=O)c3ccc4nccnc4c3)cc21. The van der Waals surface area contributed by atoms with E-state index in [-0.39, 0.29) is 12.5 Å². The van der Waals surface area contributed by atoms with Crippen LogP contribution in [0.15, 0.2) is 55.2 Å². The van der Waals surface area contributed by atoms with E-state index in [1.807, 2.05) is 0 Å². The maximum atomic E-state index is 14.2. The van der Waals surface area contributed by atoms with Crippen LogP contribution in [-0.2, 0) is 6.54 Å². The third-order valence-electron chi connectivity index (χ3n) is 4.93. The van der Waals surface area contributed by atoms with Crippen LogP contribution >= 0.6 is 0 Å². The minimum absolute atomic E-state index is 0.109. The van der Waals surface area contributed by atoms with Gasteiger partial charge in [-0.15, -0.1) is 0 Å². The molecular formula is C22H19FN8O. The van der Waals surface area contributed by atoms with Crippen LogP contribution in [0.1, 0.15) is 24.2 Å². The van der Waals surface area contributed by atoms with Gasteiger partial charge in [0.2, 0.25) is 0 Å². The number of aromatic amines is 1. The molecule has 5 aromatic rings. The van der Waals surface area contributed by atoms with Crippen molar-refractivity contribution in [1.29, 1.82) is 0 Å². The summed E-state index contributed by atoms with van der Waals surface area (Å²) >= 11 is 0. The molecule has 4 aromatic heterocycles. The Kier molecular flexibility index (Phi) is 4.62. The third kappa shape index (κ3) is 3.78. The number of alkyl halides is 1. The molecule has 10 heteroatoms. The number of nitrogens with zero attached hydrogens (tertiary/aromatic N) is 6. The molecule has 0 spiro atoms. The first kappa shape index (κ1) is 19.7. The fourth-order valence-electron chi connectivity index (χ4n) is 3.47. The fraction of sp³-hybridized carbons (Fsp3) is 0.182. The number of carbonyl (C=O) groups is 1. The number of hydrogen-bond acceptors (Lipinski definition) is 6.